The van der Waals surface area contributed by atoms with E-state index in [4.69, 9.17) is 0 Å². The summed E-state index contributed by atoms with van der Waals surface area (Å²) in [7, 11) is 0. The second kappa shape index (κ2) is 9.16. The molecular formula is C25H30N4O. The minimum atomic E-state index is -0.00743. The summed E-state index contributed by atoms with van der Waals surface area (Å²) < 4.78 is 1.99. The highest BCUT2D eigenvalue weighted by Gasteiger charge is 2.21. The van der Waals surface area contributed by atoms with Crippen molar-refractivity contribution < 1.29 is 4.79 Å². The first-order valence-electron chi connectivity index (χ1n) is 10.8. The van der Waals surface area contributed by atoms with E-state index in [0.717, 1.165) is 55.0 Å². The van der Waals surface area contributed by atoms with Crippen LogP contribution >= 0.6 is 0 Å². The summed E-state index contributed by atoms with van der Waals surface area (Å²) in [5.74, 6) is 0.535. The van der Waals surface area contributed by atoms with E-state index in [-0.39, 0.29) is 6.03 Å². The summed E-state index contributed by atoms with van der Waals surface area (Å²) in [6, 6.07) is 20.8. The highest BCUT2D eigenvalue weighted by Crippen LogP contribution is 2.28. The van der Waals surface area contributed by atoms with Crippen molar-refractivity contribution in [2.24, 2.45) is 0 Å². The first-order valence-corrected chi connectivity index (χ1v) is 10.8. The van der Waals surface area contributed by atoms with Gasteiger partial charge in [-0.15, -0.1) is 0 Å². The van der Waals surface area contributed by atoms with Gasteiger partial charge in [-0.1, -0.05) is 42.5 Å². The van der Waals surface area contributed by atoms with Gasteiger partial charge in [-0.25, -0.2) is 4.79 Å². The SMILES string of the molecule is Cc1cc(C)n(Cc2cccc(NC(=O)N3CCCC(c4ccccc4)CC3)c2)n1. The van der Waals surface area contributed by atoms with E-state index in [1.54, 1.807) is 0 Å². The lowest BCUT2D eigenvalue weighted by Gasteiger charge is -2.21. The van der Waals surface area contributed by atoms with Gasteiger partial charge in [0.05, 0.1) is 12.2 Å². The third-order valence-electron chi connectivity index (χ3n) is 5.90. The summed E-state index contributed by atoms with van der Waals surface area (Å²) in [4.78, 5) is 14.8. The average Bonchev–Trinajstić information content (AvgIpc) is 2.94. The Balaban J connectivity index is 1.37. The molecule has 4 rings (SSSR count). The minimum Gasteiger partial charge on any atom is -0.325 e. The molecule has 5 nitrogen and oxygen atoms in total. The Morgan fingerprint density at radius 3 is 2.63 bits per heavy atom. The van der Waals surface area contributed by atoms with E-state index >= 15 is 0 Å². The van der Waals surface area contributed by atoms with Crippen LogP contribution in [0.3, 0.4) is 0 Å². The van der Waals surface area contributed by atoms with Gasteiger partial charge in [0.2, 0.25) is 0 Å². The fourth-order valence-corrected chi connectivity index (χ4v) is 4.32. The smallest absolute Gasteiger partial charge is 0.321 e. The van der Waals surface area contributed by atoms with Crippen molar-refractivity contribution in [1.82, 2.24) is 14.7 Å². The molecule has 0 spiro atoms. The van der Waals surface area contributed by atoms with E-state index in [9.17, 15) is 4.79 Å². The van der Waals surface area contributed by atoms with Crippen LogP contribution in [0.25, 0.3) is 0 Å². The third kappa shape index (κ3) is 4.90. The number of hydrogen-bond donors (Lipinski definition) is 1. The first-order chi connectivity index (χ1) is 14.6. The number of nitrogens with zero attached hydrogens (tertiary/aromatic N) is 3. The van der Waals surface area contributed by atoms with Gasteiger partial charge in [-0.2, -0.15) is 5.10 Å². The van der Waals surface area contributed by atoms with Crippen molar-refractivity contribution in [3.63, 3.8) is 0 Å². The Morgan fingerprint density at radius 2 is 1.87 bits per heavy atom. The quantitative estimate of drug-likeness (QED) is 0.639. The van der Waals surface area contributed by atoms with Crippen LogP contribution in [0.1, 0.15) is 47.7 Å². The average molecular weight is 403 g/mol. The number of amides is 2. The Hall–Kier alpha value is -3.08. The van der Waals surface area contributed by atoms with Gasteiger partial charge in [-0.3, -0.25) is 4.68 Å². The van der Waals surface area contributed by atoms with Crippen LogP contribution in [0.4, 0.5) is 10.5 Å². The normalized spacial score (nSPS) is 16.9. The Bertz CT molecular complexity index is 995. The molecule has 1 aliphatic heterocycles. The highest BCUT2D eigenvalue weighted by molar-refractivity contribution is 5.89. The van der Waals surface area contributed by atoms with E-state index in [1.165, 1.54) is 5.56 Å². The third-order valence-corrected chi connectivity index (χ3v) is 5.90. The summed E-state index contributed by atoms with van der Waals surface area (Å²) in [5, 5.41) is 7.63. The number of anilines is 1. The number of hydrogen-bond acceptors (Lipinski definition) is 2. The summed E-state index contributed by atoms with van der Waals surface area (Å²) in [5.41, 5.74) is 5.50. The number of aromatic nitrogens is 2. The van der Waals surface area contributed by atoms with Crippen molar-refractivity contribution in [1.29, 1.82) is 0 Å². The zero-order valence-electron chi connectivity index (χ0n) is 17.8. The molecule has 156 valence electrons. The number of carbonyl (C=O) groups excluding carboxylic acids is 1. The number of rotatable bonds is 4. The van der Waals surface area contributed by atoms with Crippen LogP contribution in [0.2, 0.25) is 0 Å². The summed E-state index contributed by atoms with van der Waals surface area (Å²) in [6.45, 7) is 6.36. The van der Waals surface area contributed by atoms with Crippen LogP contribution < -0.4 is 5.32 Å². The molecule has 5 heteroatoms. The van der Waals surface area contributed by atoms with Crippen LogP contribution in [-0.2, 0) is 6.54 Å². The van der Waals surface area contributed by atoms with E-state index in [2.05, 4.69) is 59.8 Å². The molecule has 1 unspecified atom stereocenters. The van der Waals surface area contributed by atoms with Crippen LogP contribution in [-0.4, -0.2) is 33.8 Å². The number of carbonyl (C=O) groups is 1. The van der Waals surface area contributed by atoms with Gasteiger partial charge in [0, 0.05) is 24.5 Å². The first kappa shape index (κ1) is 20.2. The second-order valence-corrected chi connectivity index (χ2v) is 8.24. The standard InChI is InChI=1S/C25H30N4O/c1-19-16-20(2)29(27-19)18-21-8-6-12-24(17-21)26-25(30)28-14-7-11-23(13-15-28)22-9-4-3-5-10-22/h3-6,8-10,12,16-17,23H,7,11,13-15,18H2,1-2H3,(H,26,30). The molecule has 1 atom stereocenters. The van der Waals surface area contributed by atoms with Gasteiger partial charge < -0.3 is 10.2 Å². The zero-order chi connectivity index (χ0) is 20.9. The molecule has 30 heavy (non-hydrogen) atoms. The number of nitrogens with one attached hydrogen (secondary N) is 1. The van der Waals surface area contributed by atoms with Crippen molar-refractivity contribution in [3.05, 3.63) is 83.2 Å². The molecule has 2 amide bonds. The molecule has 0 radical (unpaired) electrons. The van der Waals surface area contributed by atoms with E-state index in [0.29, 0.717) is 12.5 Å². The number of aryl methyl sites for hydroxylation is 2. The number of benzene rings is 2. The second-order valence-electron chi connectivity index (χ2n) is 8.24. The minimum absolute atomic E-state index is 0.00743. The fourth-order valence-electron chi connectivity index (χ4n) is 4.32. The Morgan fingerprint density at radius 1 is 1.03 bits per heavy atom. The lowest BCUT2D eigenvalue weighted by Crippen LogP contribution is -2.35. The largest absolute Gasteiger partial charge is 0.325 e. The monoisotopic (exact) mass is 402 g/mol. The Kier molecular flexibility index (Phi) is 6.17. The highest BCUT2D eigenvalue weighted by atomic mass is 16.2. The molecule has 2 heterocycles. The molecular weight excluding hydrogens is 372 g/mol. The van der Waals surface area contributed by atoms with Gasteiger partial charge in [0.15, 0.2) is 0 Å². The topological polar surface area (TPSA) is 50.2 Å². The lowest BCUT2D eigenvalue weighted by molar-refractivity contribution is 0.213. The van der Waals surface area contributed by atoms with Crippen molar-refractivity contribution >= 4 is 11.7 Å². The number of likely N-dealkylation sites (tertiary alicyclic amines) is 1. The maximum absolute atomic E-state index is 12.9. The fraction of sp³-hybridized carbons (Fsp3) is 0.360. The summed E-state index contributed by atoms with van der Waals surface area (Å²) >= 11 is 0. The molecule has 2 aromatic carbocycles. The van der Waals surface area contributed by atoms with Crippen LogP contribution in [0.15, 0.2) is 60.7 Å². The number of urea groups is 1. The molecule has 0 saturated carbocycles. The molecule has 3 aromatic rings. The molecule has 0 bridgehead atoms. The van der Waals surface area contributed by atoms with E-state index < -0.39 is 0 Å². The molecule has 1 saturated heterocycles. The molecule has 1 aliphatic rings. The Labute approximate surface area is 178 Å². The van der Waals surface area contributed by atoms with Gasteiger partial charge in [-0.05, 0) is 68.4 Å². The molecule has 1 N–H and O–H groups in total. The van der Waals surface area contributed by atoms with Crippen molar-refractivity contribution in [3.8, 4) is 0 Å². The maximum Gasteiger partial charge on any atom is 0.321 e. The van der Waals surface area contributed by atoms with E-state index in [1.807, 2.05) is 34.7 Å². The predicted molar refractivity (Wildman–Crippen MR) is 121 cm³/mol. The zero-order valence-corrected chi connectivity index (χ0v) is 17.8. The van der Waals surface area contributed by atoms with Gasteiger partial charge >= 0.3 is 6.03 Å². The van der Waals surface area contributed by atoms with Crippen molar-refractivity contribution in [2.45, 2.75) is 45.6 Å². The van der Waals surface area contributed by atoms with Gasteiger partial charge in [0.25, 0.3) is 0 Å². The van der Waals surface area contributed by atoms with Crippen LogP contribution in [0.5, 0.6) is 0 Å². The predicted octanol–water partition coefficient (Wildman–Crippen LogP) is 5.35. The maximum atomic E-state index is 12.9. The van der Waals surface area contributed by atoms with Crippen molar-refractivity contribution in [2.75, 3.05) is 18.4 Å². The van der Waals surface area contributed by atoms with Crippen LogP contribution in [0, 0.1) is 13.8 Å². The molecule has 1 fully saturated rings. The molecule has 1 aromatic heterocycles. The lowest BCUT2D eigenvalue weighted by atomic mass is 9.92. The van der Waals surface area contributed by atoms with Gasteiger partial charge in [0.1, 0.15) is 0 Å². The molecule has 0 aliphatic carbocycles. The summed E-state index contributed by atoms with van der Waals surface area (Å²) in [6.07, 6.45) is 3.17.